The van der Waals surface area contributed by atoms with Crippen molar-refractivity contribution in [2.24, 2.45) is 5.92 Å². The molecule has 0 saturated heterocycles. The van der Waals surface area contributed by atoms with Gasteiger partial charge in [0.15, 0.2) is 0 Å². The molecule has 5 nitrogen and oxygen atoms in total. The third-order valence-corrected chi connectivity index (χ3v) is 5.60. The van der Waals surface area contributed by atoms with E-state index in [9.17, 15) is 22.4 Å². The van der Waals surface area contributed by atoms with E-state index < -0.39 is 22.7 Å². The highest BCUT2D eigenvalue weighted by molar-refractivity contribution is 7.17. The molecule has 1 aliphatic carbocycles. The number of hydrogen-bond donors (Lipinski definition) is 2. The summed E-state index contributed by atoms with van der Waals surface area (Å²) in [6.07, 6.45) is 8.41. The van der Waals surface area contributed by atoms with Gasteiger partial charge in [0.05, 0.1) is 5.56 Å². The van der Waals surface area contributed by atoms with Gasteiger partial charge in [0.2, 0.25) is 5.95 Å². The first-order valence-electron chi connectivity index (χ1n) is 10.1. The summed E-state index contributed by atoms with van der Waals surface area (Å²) < 4.78 is 54.9. The lowest BCUT2D eigenvalue weighted by Crippen LogP contribution is -2.30. The minimum atomic E-state index is -3.38. The Balaban J connectivity index is 1.69. The number of alkyl halides is 4. The third kappa shape index (κ3) is 6.60. The molecule has 1 fully saturated rings. The van der Waals surface area contributed by atoms with Crippen LogP contribution in [0.2, 0.25) is 0 Å². The molecule has 1 aromatic heterocycles. The maximum Gasteiger partial charge on any atom is 0.283 e. The van der Waals surface area contributed by atoms with Crippen LogP contribution >= 0.6 is 9.24 Å². The van der Waals surface area contributed by atoms with E-state index in [2.05, 4.69) is 20.6 Å². The fourth-order valence-corrected chi connectivity index (χ4v) is 3.68. The highest BCUT2D eigenvalue weighted by atomic mass is 31.0. The predicted molar refractivity (Wildman–Crippen MR) is 114 cm³/mol. The first-order chi connectivity index (χ1) is 14.5. The van der Waals surface area contributed by atoms with Crippen molar-refractivity contribution in [1.29, 1.82) is 0 Å². The molecule has 2 N–H and O–H groups in total. The van der Waals surface area contributed by atoms with Crippen LogP contribution in [-0.2, 0) is 11.6 Å². The molecule has 0 aliphatic heterocycles. The van der Waals surface area contributed by atoms with E-state index in [1.807, 2.05) is 0 Å². The second-order valence-corrected chi connectivity index (χ2v) is 8.67. The Morgan fingerprint density at radius 1 is 1.06 bits per heavy atom. The molecule has 0 radical (unpaired) electrons. The van der Waals surface area contributed by atoms with Crippen LogP contribution in [0.3, 0.4) is 0 Å². The van der Waals surface area contributed by atoms with E-state index in [-0.39, 0.29) is 23.1 Å². The van der Waals surface area contributed by atoms with E-state index in [0.717, 1.165) is 31.0 Å². The SMILES string of the molecule is CC(F)(F)c1cc(Nc2ncc(C(=O)NCC3CCCCC3)cn2)cc(C(F)(F)P)c1. The van der Waals surface area contributed by atoms with Crippen LogP contribution in [0.5, 0.6) is 0 Å². The monoisotopic (exact) mass is 456 g/mol. The van der Waals surface area contributed by atoms with Gasteiger partial charge in [0.25, 0.3) is 17.5 Å². The number of nitrogens with one attached hydrogen (secondary N) is 2. The number of hydrogen-bond acceptors (Lipinski definition) is 4. The van der Waals surface area contributed by atoms with Gasteiger partial charge < -0.3 is 10.6 Å². The number of benzene rings is 1. The molecular formula is C21H25F4N4OP. The Kier molecular flexibility index (Phi) is 7.14. The van der Waals surface area contributed by atoms with Crippen LogP contribution in [0.15, 0.2) is 30.6 Å². The fraction of sp³-hybridized carbons (Fsp3) is 0.476. The number of aromatic nitrogens is 2. The Bertz CT molecular complexity index is 875. The molecule has 0 spiro atoms. The molecule has 1 unspecified atom stereocenters. The number of carbonyl (C=O) groups is 1. The maximum atomic E-state index is 13.7. The minimum absolute atomic E-state index is 0.00146. The van der Waals surface area contributed by atoms with Crippen LogP contribution in [0.1, 0.15) is 60.5 Å². The molecule has 1 atom stereocenters. The molecular weight excluding hydrogens is 431 g/mol. The summed E-state index contributed by atoms with van der Waals surface area (Å²) in [5.74, 6) is -3.12. The van der Waals surface area contributed by atoms with Gasteiger partial charge >= 0.3 is 0 Å². The number of rotatable bonds is 7. The molecule has 31 heavy (non-hydrogen) atoms. The lowest BCUT2D eigenvalue weighted by molar-refractivity contribution is 0.0170. The quantitative estimate of drug-likeness (QED) is 0.423. The van der Waals surface area contributed by atoms with E-state index in [1.165, 1.54) is 40.9 Å². The van der Waals surface area contributed by atoms with Crippen molar-refractivity contribution >= 4 is 26.8 Å². The topological polar surface area (TPSA) is 66.9 Å². The van der Waals surface area contributed by atoms with Gasteiger partial charge in [-0.2, -0.15) is 8.78 Å². The zero-order chi connectivity index (χ0) is 22.6. The van der Waals surface area contributed by atoms with Crippen molar-refractivity contribution in [1.82, 2.24) is 15.3 Å². The normalized spacial score (nSPS) is 15.5. The van der Waals surface area contributed by atoms with Crippen LogP contribution < -0.4 is 10.6 Å². The standard InChI is InChI=1S/C21H25F4N4OP/c1-20(22,23)15-7-16(21(24,25)31)9-17(8-15)29-19-27-11-14(12-28-19)18(30)26-10-13-5-3-2-4-6-13/h7-9,11-13H,2-6,10,31H2,1H3,(H,26,30)(H,27,28,29). The number of anilines is 2. The molecule has 3 rings (SSSR count). The molecule has 2 aromatic rings. The van der Waals surface area contributed by atoms with Crippen LogP contribution in [0, 0.1) is 5.92 Å². The predicted octanol–water partition coefficient (Wildman–Crippen LogP) is 5.57. The minimum Gasteiger partial charge on any atom is -0.352 e. The molecule has 1 heterocycles. The molecule has 1 aliphatic rings. The molecule has 0 bridgehead atoms. The molecule has 10 heteroatoms. The maximum absolute atomic E-state index is 13.7. The average molecular weight is 456 g/mol. The summed E-state index contributed by atoms with van der Waals surface area (Å²) in [4.78, 5) is 20.3. The van der Waals surface area contributed by atoms with Crippen molar-refractivity contribution in [3.05, 3.63) is 47.3 Å². The second kappa shape index (κ2) is 9.47. The summed E-state index contributed by atoms with van der Waals surface area (Å²) in [5, 5.41) is 5.53. The molecule has 1 amide bonds. The van der Waals surface area contributed by atoms with Gasteiger partial charge in [0, 0.05) is 42.7 Å². The van der Waals surface area contributed by atoms with Crippen molar-refractivity contribution in [2.75, 3.05) is 11.9 Å². The Labute approximate surface area is 180 Å². The highest BCUT2D eigenvalue weighted by Gasteiger charge is 2.31. The van der Waals surface area contributed by atoms with Gasteiger partial charge in [0.1, 0.15) is 0 Å². The van der Waals surface area contributed by atoms with Crippen LogP contribution in [0.4, 0.5) is 29.2 Å². The van der Waals surface area contributed by atoms with Crippen molar-refractivity contribution in [2.45, 2.75) is 50.6 Å². The van der Waals surface area contributed by atoms with E-state index in [0.29, 0.717) is 19.4 Å². The van der Waals surface area contributed by atoms with Crippen LogP contribution in [-0.4, -0.2) is 22.4 Å². The number of carbonyl (C=O) groups excluding carboxylic acids is 1. The van der Waals surface area contributed by atoms with Gasteiger partial charge in [-0.1, -0.05) is 28.5 Å². The van der Waals surface area contributed by atoms with Crippen molar-refractivity contribution < 1.29 is 22.4 Å². The number of nitrogens with zero attached hydrogens (tertiary/aromatic N) is 2. The zero-order valence-electron chi connectivity index (χ0n) is 17.1. The number of halogens is 4. The Hall–Kier alpha value is -2.28. The highest BCUT2D eigenvalue weighted by Crippen LogP contribution is 2.39. The van der Waals surface area contributed by atoms with Crippen molar-refractivity contribution in [3.8, 4) is 0 Å². The average Bonchev–Trinajstić information content (AvgIpc) is 2.72. The smallest absolute Gasteiger partial charge is 0.283 e. The van der Waals surface area contributed by atoms with Crippen LogP contribution in [0.25, 0.3) is 0 Å². The van der Waals surface area contributed by atoms with Gasteiger partial charge in [-0.3, -0.25) is 4.79 Å². The largest absolute Gasteiger partial charge is 0.352 e. The summed E-state index contributed by atoms with van der Waals surface area (Å²) in [5.41, 5.74) is -4.28. The Morgan fingerprint density at radius 2 is 1.68 bits per heavy atom. The fourth-order valence-electron chi connectivity index (χ4n) is 3.51. The zero-order valence-corrected chi connectivity index (χ0v) is 18.3. The summed E-state index contributed by atoms with van der Waals surface area (Å²) in [6, 6.07) is 2.88. The van der Waals surface area contributed by atoms with E-state index >= 15 is 0 Å². The summed E-state index contributed by atoms with van der Waals surface area (Å²) >= 11 is 0. The molecule has 168 valence electrons. The summed E-state index contributed by atoms with van der Waals surface area (Å²) in [6.45, 7) is 1.23. The van der Waals surface area contributed by atoms with E-state index in [1.54, 1.807) is 0 Å². The first kappa shape index (κ1) is 23.4. The van der Waals surface area contributed by atoms with Crippen molar-refractivity contribution in [3.63, 3.8) is 0 Å². The lowest BCUT2D eigenvalue weighted by Gasteiger charge is -2.21. The first-order valence-corrected chi connectivity index (χ1v) is 10.7. The lowest BCUT2D eigenvalue weighted by atomic mass is 9.89. The van der Waals surface area contributed by atoms with Gasteiger partial charge in [-0.05, 0) is 37.0 Å². The Morgan fingerprint density at radius 3 is 2.26 bits per heavy atom. The second-order valence-electron chi connectivity index (χ2n) is 7.94. The third-order valence-electron chi connectivity index (χ3n) is 5.27. The number of amides is 1. The summed E-state index contributed by atoms with van der Waals surface area (Å²) in [7, 11) is 1.33. The van der Waals surface area contributed by atoms with Gasteiger partial charge in [-0.15, -0.1) is 0 Å². The van der Waals surface area contributed by atoms with Gasteiger partial charge in [-0.25, -0.2) is 18.7 Å². The van der Waals surface area contributed by atoms with E-state index in [4.69, 9.17) is 0 Å². The molecule has 1 aromatic carbocycles. The molecule has 1 saturated carbocycles.